The Hall–Kier alpha value is -0.550. The summed E-state index contributed by atoms with van der Waals surface area (Å²) in [6.45, 7) is 9.30. The van der Waals surface area contributed by atoms with E-state index in [1.165, 1.54) is 0 Å². The Bertz CT molecular complexity index is 158. The highest BCUT2D eigenvalue weighted by molar-refractivity contribution is 4.70. The maximum atomic E-state index is 8.37. The van der Waals surface area contributed by atoms with Gasteiger partial charge >= 0.3 is 0 Å². The number of hydrogen-bond donors (Lipinski definition) is 0. The molecule has 0 aromatic carbocycles. The number of nitrogens with zero attached hydrogens (tertiary/aromatic N) is 1. The van der Waals surface area contributed by atoms with Crippen LogP contribution in [0.1, 0.15) is 40.5 Å². The van der Waals surface area contributed by atoms with Gasteiger partial charge in [-0.1, -0.05) is 27.7 Å². The quantitative estimate of drug-likeness (QED) is 0.593. The molecule has 0 amide bonds. The lowest BCUT2D eigenvalue weighted by Gasteiger charge is -2.22. The van der Waals surface area contributed by atoms with Crippen molar-refractivity contribution in [3.05, 3.63) is 0 Å². The van der Waals surface area contributed by atoms with E-state index in [4.69, 9.17) is 10.00 Å². The monoisotopic (exact) mass is 183 g/mol. The van der Waals surface area contributed by atoms with Crippen molar-refractivity contribution in [1.29, 1.82) is 5.26 Å². The minimum Gasteiger partial charge on any atom is -0.377 e. The summed E-state index contributed by atoms with van der Waals surface area (Å²) in [5.74, 6) is 1.20. The molecular formula is C11H21NO. The molecule has 0 fully saturated rings. The Morgan fingerprint density at radius 3 is 2.23 bits per heavy atom. The van der Waals surface area contributed by atoms with E-state index in [9.17, 15) is 0 Å². The van der Waals surface area contributed by atoms with E-state index in [0.29, 0.717) is 31.0 Å². The van der Waals surface area contributed by atoms with Crippen LogP contribution in [0.2, 0.25) is 0 Å². The maximum Gasteiger partial charge on any atom is 0.0645 e. The summed E-state index contributed by atoms with van der Waals surface area (Å²) in [7, 11) is 0. The third-order valence-corrected chi connectivity index (χ3v) is 1.99. The van der Waals surface area contributed by atoms with Crippen LogP contribution in [0.15, 0.2) is 0 Å². The van der Waals surface area contributed by atoms with Gasteiger partial charge in [0, 0.05) is 0 Å². The largest absolute Gasteiger partial charge is 0.377 e. The molecule has 2 heteroatoms. The molecule has 0 saturated carbocycles. The zero-order valence-corrected chi connectivity index (χ0v) is 9.21. The van der Waals surface area contributed by atoms with Gasteiger partial charge in [-0.3, -0.25) is 0 Å². The number of nitriles is 1. The molecule has 1 atom stereocenters. The van der Waals surface area contributed by atoms with Crippen LogP contribution in [0.5, 0.6) is 0 Å². The second-order valence-corrected chi connectivity index (χ2v) is 4.19. The highest BCUT2D eigenvalue weighted by Crippen LogP contribution is 2.16. The minimum atomic E-state index is 0.313. The Labute approximate surface area is 81.9 Å². The fourth-order valence-electron chi connectivity index (χ4n) is 1.25. The van der Waals surface area contributed by atoms with Crippen LogP contribution in [0, 0.1) is 23.2 Å². The van der Waals surface area contributed by atoms with Gasteiger partial charge in [0.1, 0.15) is 0 Å². The molecule has 2 nitrogen and oxygen atoms in total. The van der Waals surface area contributed by atoms with Gasteiger partial charge in [-0.25, -0.2) is 0 Å². The summed E-state index contributed by atoms with van der Waals surface area (Å²) in [5, 5.41) is 8.37. The molecular weight excluding hydrogens is 162 g/mol. The van der Waals surface area contributed by atoms with Crippen LogP contribution in [0.3, 0.4) is 0 Å². The average Bonchev–Trinajstić information content (AvgIpc) is 2.02. The van der Waals surface area contributed by atoms with E-state index < -0.39 is 0 Å². The molecule has 0 rings (SSSR count). The fourth-order valence-corrected chi connectivity index (χ4v) is 1.25. The zero-order chi connectivity index (χ0) is 10.3. The van der Waals surface area contributed by atoms with E-state index >= 15 is 0 Å². The molecule has 0 aliphatic heterocycles. The lowest BCUT2D eigenvalue weighted by Crippen LogP contribution is -2.22. The Balaban J connectivity index is 3.75. The van der Waals surface area contributed by atoms with Crippen LogP contribution in [-0.2, 0) is 4.74 Å². The third-order valence-electron chi connectivity index (χ3n) is 1.99. The highest BCUT2D eigenvalue weighted by Gasteiger charge is 2.14. The maximum absolute atomic E-state index is 8.37. The van der Waals surface area contributed by atoms with Crippen molar-refractivity contribution in [1.82, 2.24) is 0 Å². The molecule has 0 aromatic heterocycles. The Kier molecular flexibility index (Phi) is 6.62. The average molecular weight is 183 g/mol. The first-order valence-electron chi connectivity index (χ1n) is 5.06. The van der Waals surface area contributed by atoms with Gasteiger partial charge in [-0.05, 0) is 18.3 Å². The van der Waals surface area contributed by atoms with Gasteiger partial charge in [0.05, 0.1) is 25.2 Å². The Morgan fingerprint density at radius 2 is 1.85 bits per heavy atom. The summed E-state index contributed by atoms with van der Waals surface area (Å²) in [4.78, 5) is 0. The van der Waals surface area contributed by atoms with E-state index in [0.717, 1.165) is 6.42 Å². The van der Waals surface area contributed by atoms with Crippen molar-refractivity contribution in [2.75, 3.05) is 6.61 Å². The minimum absolute atomic E-state index is 0.313. The normalized spacial score (nSPS) is 13.3. The van der Waals surface area contributed by atoms with Crippen molar-refractivity contribution >= 4 is 0 Å². The zero-order valence-electron chi connectivity index (χ0n) is 9.21. The van der Waals surface area contributed by atoms with Gasteiger partial charge in [-0.15, -0.1) is 0 Å². The van der Waals surface area contributed by atoms with Gasteiger partial charge in [0.25, 0.3) is 0 Å². The van der Waals surface area contributed by atoms with E-state index in [1.807, 2.05) is 0 Å². The summed E-state index contributed by atoms with van der Waals surface area (Å²) < 4.78 is 5.63. The molecule has 13 heavy (non-hydrogen) atoms. The molecule has 0 N–H and O–H groups in total. The van der Waals surface area contributed by atoms with Gasteiger partial charge in [0.15, 0.2) is 0 Å². The molecule has 1 unspecified atom stereocenters. The summed E-state index contributed by atoms with van der Waals surface area (Å²) in [6, 6.07) is 2.09. The van der Waals surface area contributed by atoms with Crippen molar-refractivity contribution in [3.63, 3.8) is 0 Å². The lowest BCUT2D eigenvalue weighted by molar-refractivity contribution is 0.0121. The number of ether oxygens (including phenoxy) is 1. The molecule has 0 saturated heterocycles. The second kappa shape index (κ2) is 6.91. The SMILES string of the molecule is CC(C)CC(OCCC#N)C(C)C. The predicted molar refractivity (Wildman–Crippen MR) is 54.3 cm³/mol. The smallest absolute Gasteiger partial charge is 0.0645 e. The first-order valence-corrected chi connectivity index (χ1v) is 5.06. The highest BCUT2D eigenvalue weighted by atomic mass is 16.5. The van der Waals surface area contributed by atoms with Crippen molar-refractivity contribution < 1.29 is 4.74 Å². The topological polar surface area (TPSA) is 33.0 Å². The Morgan fingerprint density at radius 1 is 1.23 bits per heavy atom. The van der Waals surface area contributed by atoms with Gasteiger partial charge in [0.2, 0.25) is 0 Å². The standard InChI is InChI=1S/C11H21NO/c1-9(2)8-11(10(3)4)13-7-5-6-12/h9-11H,5,7-8H2,1-4H3. The van der Waals surface area contributed by atoms with Gasteiger partial charge in [-0.2, -0.15) is 5.26 Å². The summed E-state index contributed by atoms with van der Waals surface area (Å²) >= 11 is 0. The first kappa shape index (κ1) is 12.4. The van der Waals surface area contributed by atoms with Crippen LogP contribution in [0.25, 0.3) is 0 Å². The summed E-state index contributed by atoms with van der Waals surface area (Å²) in [6.07, 6.45) is 1.90. The lowest BCUT2D eigenvalue weighted by atomic mass is 9.97. The van der Waals surface area contributed by atoms with Crippen molar-refractivity contribution in [2.24, 2.45) is 11.8 Å². The second-order valence-electron chi connectivity index (χ2n) is 4.19. The van der Waals surface area contributed by atoms with E-state index in [2.05, 4.69) is 33.8 Å². The summed E-state index contributed by atoms with van der Waals surface area (Å²) in [5.41, 5.74) is 0. The molecule has 76 valence electrons. The van der Waals surface area contributed by atoms with Crippen LogP contribution < -0.4 is 0 Å². The van der Waals surface area contributed by atoms with Crippen LogP contribution in [0.4, 0.5) is 0 Å². The van der Waals surface area contributed by atoms with Crippen molar-refractivity contribution in [2.45, 2.75) is 46.6 Å². The predicted octanol–water partition coefficient (Wildman–Crippen LogP) is 2.99. The van der Waals surface area contributed by atoms with Crippen LogP contribution >= 0.6 is 0 Å². The van der Waals surface area contributed by atoms with Crippen molar-refractivity contribution in [3.8, 4) is 6.07 Å². The van der Waals surface area contributed by atoms with Gasteiger partial charge < -0.3 is 4.74 Å². The molecule has 0 radical (unpaired) electrons. The molecule has 0 spiro atoms. The molecule has 0 aromatic rings. The number of rotatable bonds is 6. The fraction of sp³-hybridized carbons (Fsp3) is 0.909. The number of hydrogen-bond acceptors (Lipinski definition) is 2. The van der Waals surface area contributed by atoms with E-state index in [1.54, 1.807) is 0 Å². The molecule has 0 bridgehead atoms. The molecule has 0 aliphatic carbocycles. The molecule has 0 aliphatic rings. The third kappa shape index (κ3) is 6.60. The first-order chi connectivity index (χ1) is 6.07. The molecule has 0 heterocycles. The van der Waals surface area contributed by atoms with Crippen LogP contribution in [-0.4, -0.2) is 12.7 Å². The van der Waals surface area contributed by atoms with E-state index in [-0.39, 0.29) is 0 Å².